The summed E-state index contributed by atoms with van der Waals surface area (Å²) in [5, 5.41) is 12.7. The molecular weight excluding hydrogens is 242 g/mol. The second-order valence-electron chi connectivity index (χ2n) is 4.84. The number of benzene rings is 1. The Labute approximate surface area is 110 Å². The molecule has 0 saturated heterocycles. The predicted octanol–water partition coefficient (Wildman–Crippen LogP) is 2.02. The number of hydrogen-bond acceptors (Lipinski definition) is 4. The molecule has 5 heteroatoms. The van der Waals surface area contributed by atoms with Gasteiger partial charge < -0.3 is 10.4 Å². The fraction of sp³-hybridized carbons (Fsp3) is 0.286. The Morgan fingerprint density at radius 1 is 1.37 bits per heavy atom. The van der Waals surface area contributed by atoms with Crippen molar-refractivity contribution < 1.29 is 5.11 Å². The molecule has 0 saturated carbocycles. The summed E-state index contributed by atoms with van der Waals surface area (Å²) in [5.41, 5.74) is 3.12. The second kappa shape index (κ2) is 4.42. The molecule has 1 aliphatic carbocycles. The summed E-state index contributed by atoms with van der Waals surface area (Å²) < 4.78 is 0. The van der Waals surface area contributed by atoms with Crippen molar-refractivity contribution in [1.82, 2.24) is 9.97 Å². The van der Waals surface area contributed by atoms with E-state index >= 15 is 0 Å². The summed E-state index contributed by atoms with van der Waals surface area (Å²) in [4.78, 5) is 19.0. The summed E-state index contributed by atoms with van der Waals surface area (Å²) in [6.07, 6.45) is 2.62. The second-order valence-corrected chi connectivity index (χ2v) is 4.84. The molecule has 3 N–H and O–H groups in total. The molecule has 0 unspecified atom stereocenters. The van der Waals surface area contributed by atoms with Gasteiger partial charge in [0.25, 0.3) is 5.56 Å². The maximum atomic E-state index is 11.9. The number of H-pyrrole nitrogens is 1. The van der Waals surface area contributed by atoms with E-state index in [9.17, 15) is 9.90 Å². The van der Waals surface area contributed by atoms with E-state index in [1.165, 1.54) is 0 Å². The predicted molar refractivity (Wildman–Crippen MR) is 73.0 cm³/mol. The van der Waals surface area contributed by atoms with E-state index in [0.717, 1.165) is 36.1 Å². The first-order valence-electron chi connectivity index (χ1n) is 6.32. The highest BCUT2D eigenvalue weighted by molar-refractivity contribution is 5.63. The van der Waals surface area contributed by atoms with Gasteiger partial charge >= 0.3 is 0 Å². The standard InChI is InChI=1S/C14H15N3O2/c1-8-5-6-12(18)11(7-8)16-14-15-10-4-2-3-9(10)13(19)17-14/h5-7,18H,2-4H2,1H3,(H2,15,16,17,19). The number of rotatable bonds is 2. The van der Waals surface area contributed by atoms with Crippen LogP contribution in [0, 0.1) is 6.92 Å². The lowest BCUT2D eigenvalue weighted by atomic mass is 10.2. The maximum absolute atomic E-state index is 11.9. The summed E-state index contributed by atoms with van der Waals surface area (Å²) in [7, 11) is 0. The zero-order valence-corrected chi connectivity index (χ0v) is 10.7. The van der Waals surface area contributed by atoms with Crippen LogP contribution >= 0.6 is 0 Å². The van der Waals surface area contributed by atoms with E-state index in [0.29, 0.717) is 11.6 Å². The molecule has 1 heterocycles. The lowest BCUT2D eigenvalue weighted by Gasteiger charge is -2.09. The molecule has 0 bridgehead atoms. The molecule has 0 amide bonds. The smallest absolute Gasteiger partial charge is 0.255 e. The van der Waals surface area contributed by atoms with Gasteiger partial charge in [0, 0.05) is 5.56 Å². The zero-order valence-electron chi connectivity index (χ0n) is 10.7. The van der Waals surface area contributed by atoms with Crippen molar-refractivity contribution in [3.05, 3.63) is 45.4 Å². The van der Waals surface area contributed by atoms with E-state index in [-0.39, 0.29) is 11.3 Å². The molecular formula is C14H15N3O2. The first kappa shape index (κ1) is 11.8. The van der Waals surface area contributed by atoms with Crippen molar-refractivity contribution in [2.75, 3.05) is 5.32 Å². The van der Waals surface area contributed by atoms with E-state index in [4.69, 9.17) is 0 Å². The van der Waals surface area contributed by atoms with Crippen LogP contribution in [0.4, 0.5) is 11.6 Å². The Kier molecular flexibility index (Phi) is 2.74. The zero-order chi connectivity index (χ0) is 13.4. The van der Waals surface area contributed by atoms with Crippen molar-refractivity contribution in [3.8, 4) is 5.75 Å². The molecule has 0 fully saturated rings. The number of phenols is 1. The third-order valence-electron chi connectivity index (χ3n) is 3.35. The van der Waals surface area contributed by atoms with Gasteiger partial charge in [-0.15, -0.1) is 0 Å². The lowest BCUT2D eigenvalue weighted by molar-refractivity contribution is 0.477. The van der Waals surface area contributed by atoms with Crippen molar-refractivity contribution in [2.24, 2.45) is 0 Å². The molecule has 3 rings (SSSR count). The monoisotopic (exact) mass is 257 g/mol. The number of phenolic OH excluding ortho intramolecular Hbond substituents is 1. The number of aromatic amines is 1. The number of hydrogen-bond donors (Lipinski definition) is 3. The van der Waals surface area contributed by atoms with E-state index < -0.39 is 0 Å². The first-order valence-corrected chi connectivity index (χ1v) is 6.32. The highest BCUT2D eigenvalue weighted by Gasteiger charge is 2.17. The van der Waals surface area contributed by atoms with Gasteiger partial charge in [-0.3, -0.25) is 9.78 Å². The van der Waals surface area contributed by atoms with Gasteiger partial charge in [-0.05, 0) is 43.9 Å². The Hall–Kier alpha value is -2.30. The summed E-state index contributed by atoms with van der Waals surface area (Å²) in [5.74, 6) is 0.514. The molecule has 98 valence electrons. The Morgan fingerprint density at radius 3 is 3.05 bits per heavy atom. The van der Waals surface area contributed by atoms with Crippen LogP contribution in [0.3, 0.4) is 0 Å². The molecule has 0 spiro atoms. The van der Waals surface area contributed by atoms with Crippen molar-refractivity contribution in [3.63, 3.8) is 0 Å². The van der Waals surface area contributed by atoms with Crippen LogP contribution in [0.2, 0.25) is 0 Å². The fourth-order valence-electron chi connectivity index (χ4n) is 2.38. The Morgan fingerprint density at radius 2 is 2.21 bits per heavy atom. The minimum atomic E-state index is -0.0860. The fourth-order valence-corrected chi connectivity index (χ4v) is 2.38. The number of anilines is 2. The minimum Gasteiger partial charge on any atom is -0.506 e. The first-order chi connectivity index (χ1) is 9.13. The average molecular weight is 257 g/mol. The average Bonchev–Trinajstić information content (AvgIpc) is 2.82. The van der Waals surface area contributed by atoms with Gasteiger partial charge in [-0.25, -0.2) is 4.98 Å². The number of aromatic nitrogens is 2. The van der Waals surface area contributed by atoms with E-state index in [1.54, 1.807) is 6.07 Å². The van der Waals surface area contributed by atoms with Gasteiger partial charge in [-0.2, -0.15) is 0 Å². The van der Waals surface area contributed by atoms with Crippen LogP contribution in [0.25, 0.3) is 0 Å². The van der Waals surface area contributed by atoms with Crippen LogP contribution in [0.1, 0.15) is 23.2 Å². The van der Waals surface area contributed by atoms with Crippen molar-refractivity contribution in [2.45, 2.75) is 26.2 Å². The van der Waals surface area contributed by atoms with E-state index in [1.807, 2.05) is 19.1 Å². The van der Waals surface area contributed by atoms with Crippen LogP contribution in [-0.2, 0) is 12.8 Å². The largest absolute Gasteiger partial charge is 0.506 e. The molecule has 0 radical (unpaired) electrons. The summed E-state index contributed by atoms with van der Waals surface area (Å²) in [6.45, 7) is 1.93. The molecule has 1 aromatic heterocycles. The number of nitrogens with one attached hydrogen (secondary N) is 2. The van der Waals surface area contributed by atoms with Gasteiger partial charge in [0.1, 0.15) is 5.75 Å². The highest BCUT2D eigenvalue weighted by Crippen LogP contribution is 2.26. The number of aromatic hydroxyl groups is 1. The molecule has 0 atom stereocenters. The van der Waals surface area contributed by atoms with E-state index in [2.05, 4.69) is 15.3 Å². The Balaban J connectivity index is 1.98. The van der Waals surface area contributed by atoms with Gasteiger partial charge in [0.2, 0.25) is 5.95 Å². The summed E-state index contributed by atoms with van der Waals surface area (Å²) >= 11 is 0. The van der Waals surface area contributed by atoms with Crippen LogP contribution in [0.15, 0.2) is 23.0 Å². The molecule has 1 aromatic carbocycles. The normalized spacial score (nSPS) is 13.3. The topological polar surface area (TPSA) is 78.0 Å². The lowest BCUT2D eigenvalue weighted by Crippen LogP contribution is -2.16. The van der Waals surface area contributed by atoms with Crippen molar-refractivity contribution >= 4 is 11.6 Å². The Bertz CT molecular complexity index is 692. The number of nitrogens with zero attached hydrogens (tertiary/aromatic N) is 1. The maximum Gasteiger partial charge on any atom is 0.255 e. The molecule has 0 aliphatic heterocycles. The minimum absolute atomic E-state index is 0.0860. The molecule has 1 aliphatic rings. The van der Waals surface area contributed by atoms with Gasteiger partial charge in [0.05, 0.1) is 11.4 Å². The summed E-state index contributed by atoms with van der Waals surface area (Å²) in [6, 6.07) is 5.24. The molecule has 5 nitrogen and oxygen atoms in total. The van der Waals surface area contributed by atoms with Crippen LogP contribution < -0.4 is 10.9 Å². The van der Waals surface area contributed by atoms with Crippen LogP contribution in [-0.4, -0.2) is 15.1 Å². The number of fused-ring (bicyclic) bond motifs is 1. The number of aryl methyl sites for hydroxylation is 2. The molecule has 2 aromatic rings. The van der Waals surface area contributed by atoms with Crippen molar-refractivity contribution in [1.29, 1.82) is 0 Å². The SMILES string of the molecule is Cc1ccc(O)c(Nc2nc3c(c(=O)[nH]2)CCC3)c1. The highest BCUT2D eigenvalue weighted by atomic mass is 16.3. The van der Waals surface area contributed by atoms with Gasteiger partial charge in [-0.1, -0.05) is 6.07 Å². The van der Waals surface area contributed by atoms with Crippen LogP contribution in [0.5, 0.6) is 5.75 Å². The molecule has 19 heavy (non-hydrogen) atoms. The third-order valence-corrected chi connectivity index (χ3v) is 3.35. The van der Waals surface area contributed by atoms with Gasteiger partial charge in [0.15, 0.2) is 0 Å². The quantitative estimate of drug-likeness (QED) is 0.719. The third kappa shape index (κ3) is 2.19.